The summed E-state index contributed by atoms with van der Waals surface area (Å²) < 4.78 is 0. The first kappa shape index (κ1) is 15.4. The average molecular weight is 270 g/mol. The van der Waals surface area contributed by atoms with E-state index < -0.39 is 0 Å². The first-order chi connectivity index (χ1) is 8.42. The van der Waals surface area contributed by atoms with E-state index in [1.54, 1.807) is 11.3 Å². The molecule has 0 radical (unpaired) electrons. The normalized spacial score (nSPS) is 14.9. The van der Waals surface area contributed by atoms with E-state index in [2.05, 4.69) is 46.6 Å². The highest BCUT2D eigenvalue weighted by Crippen LogP contribution is 2.33. The van der Waals surface area contributed by atoms with E-state index in [-0.39, 0.29) is 6.61 Å². The number of anilines is 1. The van der Waals surface area contributed by atoms with E-state index in [1.165, 1.54) is 0 Å². The smallest absolute Gasteiger partial charge is 0.185 e. The minimum absolute atomic E-state index is 0.0985. The lowest BCUT2D eigenvalue weighted by molar-refractivity contribution is 0.283. The first-order valence-electron chi connectivity index (χ1n) is 6.75. The minimum Gasteiger partial charge on any atom is -0.391 e. The molecule has 0 spiro atoms. The van der Waals surface area contributed by atoms with Crippen LogP contribution in [0.2, 0.25) is 0 Å². The number of nitrogens with zero attached hydrogens (tertiary/aromatic N) is 2. The lowest BCUT2D eigenvalue weighted by atomic mass is 10.0. The lowest BCUT2D eigenvalue weighted by Gasteiger charge is -2.27. The van der Waals surface area contributed by atoms with Crippen LogP contribution in [0.25, 0.3) is 0 Å². The number of aliphatic hydroxyl groups excluding tert-OH is 1. The molecule has 1 rings (SSSR count). The predicted molar refractivity (Wildman–Crippen MR) is 79.4 cm³/mol. The number of aromatic nitrogens is 1. The summed E-state index contributed by atoms with van der Waals surface area (Å²) in [6.07, 6.45) is 1.06. The van der Waals surface area contributed by atoms with Crippen LogP contribution in [0.15, 0.2) is 0 Å². The summed E-state index contributed by atoms with van der Waals surface area (Å²) in [5.74, 6) is 1.00. The highest BCUT2D eigenvalue weighted by Gasteiger charge is 2.21. The Labute approximate surface area is 115 Å². The van der Waals surface area contributed by atoms with Crippen molar-refractivity contribution in [2.45, 2.75) is 59.6 Å². The molecular formula is C14H26N2OS. The van der Waals surface area contributed by atoms with E-state index in [0.717, 1.165) is 22.1 Å². The van der Waals surface area contributed by atoms with Crippen molar-refractivity contribution in [2.75, 3.05) is 11.9 Å². The van der Waals surface area contributed by atoms with Gasteiger partial charge in [-0.25, -0.2) is 4.98 Å². The Morgan fingerprint density at radius 2 is 1.89 bits per heavy atom. The quantitative estimate of drug-likeness (QED) is 0.857. The van der Waals surface area contributed by atoms with Crippen LogP contribution in [-0.2, 0) is 6.61 Å². The Hall–Kier alpha value is -0.610. The van der Waals surface area contributed by atoms with Gasteiger partial charge in [-0.3, -0.25) is 0 Å². The van der Waals surface area contributed by atoms with Crippen LogP contribution in [0, 0.1) is 5.92 Å². The van der Waals surface area contributed by atoms with Crippen LogP contribution in [0.4, 0.5) is 5.13 Å². The van der Waals surface area contributed by atoms with Crippen molar-refractivity contribution in [1.82, 2.24) is 4.98 Å². The summed E-state index contributed by atoms with van der Waals surface area (Å²) in [7, 11) is 2.09. The highest BCUT2D eigenvalue weighted by molar-refractivity contribution is 7.15. The Kier molecular flexibility index (Phi) is 5.60. The summed E-state index contributed by atoms with van der Waals surface area (Å²) in [6, 6.07) is 0.451. The van der Waals surface area contributed by atoms with Gasteiger partial charge < -0.3 is 10.0 Å². The molecule has 3 nitrogen and oxygen atoms in total. The van der Waals surface area contributed by atoms with E-state index in [4.69, 9.17) is 4.98 Å². The molecule has 0 aliphatic rings. The molecule has 1 heterocycles. The summed E-state index contributed by atoms with van der Waals surface area (Å²) in [4.78, 5) is 7.98. The Morgan fingerprint density at radius 1 is 1.28 bits per heavy atom. The third kappa shape index (κ3) is 3.23. The van der Waals surface area contributed by atoms with Gasteiger partial charge in [-0.05, 0) is 25.2 Å². The molecule has 1 N–H and O–H groups in total. The van der Waals surface area contributed by atoms with Crippen LogP contribution in [-0.4, -0.2) is 23.2 Å². The second kappa shape index (κ2) is 6.53. The van der Waals surface area contributed by atoms with Crippen LogP contribution in [0.5, 0.6) is 0 Å². The van der Waals surface area contributed by atoms with Crippen molar-refractivity contribution < 1.29 is 5.11 Å². The monoisotopic (exact) mass is 270 g/mol. The van der Waals surface area contributed by atoms with E-state index in [9.17, 15) is 5.11 Å². The summed E-state index contributed by atoms with van der Waals surface area (Å²) in [6.45, 7) is 11.1. The summed E-state index contributed by atoms with van der Waals surface area (Å²) >= 11 is 1.62. The molecule has 2 unspecified atom stereocenters. The SMILES string of the molecule is CCC(C)c1nc(N(C)C(C)C(C)C)sc1CO. The van der Waals surface area contributed by atoms with Gasteiger partial charge >= 0.3 is 0 Å². The van der Waals surface area contributed by atoms with Crippen molar-refractivity contribution in [1.29, 1.82) is 0 Å². The van der Waals surface area contributed by atoms with Crippen LogP contribution < -0.4 is 4.90 Å². The van der Waals surface area contributed by atoms with Gasteiger partial charge in [-0.15, -0.1) is 0 Å². The molecule has 0 aliphatic carbocycles. The average Bonchev–Trinajstić information content (AvgIpc) is 2.79. The van der Waals surface area contributed by atoms with Crippen molar-refractivity contribution in [3.63, 3.8) is 0 Å². The molecule has 0 fully saturated rings. The van der Waals surface area contributed by atoms with Gasteiger partial charge in [0.15, 0.2) is 5.13 Å². The Morgan fingerprint density at radius 3 is 2.33 bits per heavy atom. The Bertz CT molecular complexity index is 376. The maximum atomic E-state index is 9.46. The highest BCUT2D eigenvalue weighted by atomic mass is 32.1. The second-order valence-corrected chi connectivity index (χ2v) is 6.43. The number of hydrogen-bond donors (Lipinski definition) is 1. The van der Waals surface area contributed by atoms with Crippen molar-refractivity contribution in [3.05, 3.63) is 10.6 Å². The molecule has 1 aromatic heterocycles. The maximum Gasteiger partial charge on any atom is 0.185 e. The van der Waals surface area contributed by atoms with E-state index in [0.29, 0.717) is 17.9 Å². The van der Waals surface area contributed by atoms with E-state index >= 15 is 0 Å². The predicted octanol–water partition coefficient (Wildman–Crippen LogP) is 3.63. The second-order valence-electron chi connectivity index (χ2n) is 5.37. The van der Waals surface area contributed by atoms with Gasteiger partial charge in [0.25, 0.3) is 0 Å². The molecule has 0 aliphatic heterocycles. The van der Waals surface area contributed by atoms with Crippen LogP contribution >= 0.6 is 11.3 Å². The molecule has 0 aromatic carbocycles. The van der Waals surface area contributed by atoms with Gasteiger partial charge in [-0.1, -0.05) is 39.0 Å². The molecule has 18 heavy (non-hydrogen) atoms. The number of rotatable bonds is 6. The van der Waals surface area contributed by atoms with E-state index in [1.807, 2.05) is 0 Å². The molecule has 104 valence electrons. The van der Waals surface area contributed by atoms with Gasteiger partial charge in [0.2, 0.25) is 0 Å². The van der Waals surface area contributed by atoms with Gasteiger partial charge in [0.05, 0.1) is 17.2 Å². The standard InChI is InChI=1S/C14H26N2OS/c1-7-10(4)13-12(8-17)18-14(15-13)16(6)11(5)9(2)3/h9-11,17H,7-8H2,1-6H3. The zero-order valence-corrected chi connectivity index (χ0v) is 13.2. The first-order valence-corrected chi connectivity index (χ1v) is 7.57. The van der Waals surface area contributed by atoms with Crippen LogP contribution in [0.3, 0.4) is 0 Å². The molecule has 0 saturated carbocycles. The van der Waals surface area contributed by atoms with Crippen LogP contribution in [0.1, 0.15) is 57.5 Å². The topological polar surface area (TPSA) is 36.4 Å². The number of hydrogen-bond acceptors (Lipinski definition) is 4. The zero-order valence-electron chi connectivity index (χ0n) is 12.4. The fraction of sp³-hybridized carbons (Fsp3) is 0.786. The molecule has 2 atom stereocenters. The Balaban J connectivity index is 3.01. The third-order valence-electron chi connectivity index (χ3n) is 3.82. The molecule has 4 heteroatoms. The number of aliphatic hydroxyl groups is 1. The van der Waals surface area contributed by atoms with Crippen molar-refractivity contribution >= 4 is 16.5 Å². The van der Waals surface area contributed by atoms with Crippen molar-refractivity contribution in [2.24, 2.45) is 5.92 Å². The molecule has 1 aromatic rings. The maximum absolute atomic E-state index is 9.46. The minimum atomic E-state index is 0.0985. The largest absolute Gasteiger partial charge is 0.391 e. The third-order valence-corrected chi connectivity index (χ3v) is 4.96. The van der Waals surface area contributed by atoms with Gasteiger partial charge in [0.1, 0.15) is 0 Å². The molecule has 0 amide bonds. The number of thiazole rings is 1. The van der Waals surface area contributed by atoms with Gasteiger partial charge in [-0.2, -0.15) is 0 Å². The lowest BCUT2D eigenvalue weighted by Crippen LogP contribution is -2.33. The molecule has 0 saturated heterocycles. The molecular weight excluding hydrogens is 244 g/mol. The fourth-order valence-corrected chi connectivity index (χ4v) is 2.91. The summed E-state index contributed by atoms with van der Waals surface area (Å²) in [5.41, 5.74) is 1.07. The zero-order chi connectivity index (χ0) is 13.9. The molecule has 0 bridgehead atoms. The summed E-state index contributed by atoms with van der Waals surface area (Å²) in [5, 5.41) is 10.5. The van der Waals surface area contributed by atoms with Gasteiger partial charge in [0, 0.05) is 13.1 Å². The van der Waals surface area contributed by atoms with Crippen molar-refractivity contribution in [3.8, 4) is 0 Å². The fourth-order valence-electron chi connectivity index (χ4n) is 1.81.